The number of sulfone groups is 1. The smallest absolute Gasteiger partial charge is 0.250 e. The average Bonchev–Trinajstić information content (AvgIpc) is 2.91. The molecule has 4 aromatic rings. The third kappa shape index (κ3) is 6.64. The Bertz CT molecular complexity index is 1640. The minimum Gasteiger partial charge on any atom is -0.438 e. The van der Waals surface area contributed by atoms with Crippen LogP contribution in [0.5, 0.6) is 11.6 Å². The summed E-state index contributed by atoms with van der Waals surface area (Å²) < 4.78 is 44.9. The van der Waals surface area contributed by atoms with Gasteiger partial charge in [-0.15, -0.1) is 0 Å². The van der Waals surface area contributed by atoms with E-state index in [-0.39, 0.29) is 5.88 Å². The molecule has 3 aromatic carbocycles. The number of rotatable bonds is 8. The predicted molar refractivity (Wildman–Crippen MR) is 143 cm³/mol. The van der Waals surface area contributed by atoms with Crippen molar-refractivity contribution in [2.75, 3.05) is 5.75 Å². The fourth-order valence-corrected chi connectivity index (χ4v) is 5.01. The number of benzene rings is 3. The maximum absolute atomic E-state index is 13.1. The number of carbonyl (C=O) groups excluding carboxylic acids is 1. The maximum Gasteiger partial charge on any atom is 0.250 e. The molecule has 0 aliphatic carbocycles. The van der Waals surface area contributed by atoms with Crippen LogP contribution in [0.2, 0.25) is 0 Å². The van der Waals surface area contributed by atoms with E-state index in [4.69, 9.17) is 10.00 Å². The number of hydrogen-bond donors (Lipinski definition) is 1. The molecule has 0 spiro atoms. The molecule has 1 amide bonds. The number of nitriles is 1. The molecule has 0 fully saturated rings. The molecule has 10 heteroatoms. The fourth-order valence-electron chi connectivity index (χ4n) is 4.01. The van der Waals surface area contributed by atoms with Crippen LogP contribution in [0.15, 0.2) is 78.1 Å². The summed E-state index contributed by atoms with van der Waals surface area (Å²) in [4.78, 5) is 20.4. The zero-order chi connectivity index (χ0) is 28.2. The zero-order valence-corrected chi connectivity index (χ0v) is 22.3. The van der Waals surface area contributed by atoms with Crippen LogP contribution in [-0.4, -0.2) is 30.0 Å². The Kier molecular flexibility index (Phi) is 8.02. The van der Waals surface area contributed by atoms with Crippen LogP contribution in [0, 0.1) is 31.0 Å². The molecule has 1 aromatic heterocycles. The molecule has 8 nitrogen and oxygen atoms in total. The Morgan fingerprint density at radius 1 is 1.03 bits per heavy atom. The summed E-state index contributed by atoms with van der Waals surface area (Å²) in [5, 5.41) is 11.1. The Hall–Kier alpha value is -4.62. The van der Waals surface area contributed by atoms with Crippen LogP contribution in [-0.2, 0) is 14.6 Å². The fraction of sp³-hybridized carbons (Fsp3) is 0.172. The third-order valence-corrected chi connectivity index (χ3v) is 7.36. The number of ether oxygens (including phenoxy) is 1. The van der Waals surface area contributed by atoms with Gasteiger partial charge in [-0.05, 0) is 85.0 Å². The van der Waals surface area contributed by atoms with Crippen molar-refractivity contribution < 1.29 is 22.3 Å². The molecule has 0 saturated carbocycles. The zero-order valence-electron chi connectivity index (χ0n) is 21.5. The van der Waals surface area contributed by atoms with Crippen LogP contribution in [0.3, 0.4) is 0 Å². The van der Waals surface area contributed by atoms with Gasteiger partial charge in [-0.3, -0.25) is 4.79 Å². The molecule has 0 saturated heterocycles. The SMILES string of the molecule is Cc1cc(-c2ccc(C#N)cc2)cc(C)c1Oc1ccnc(S(=O)(=O)CC(=O)NC(C)c2ccc(F)cc2)n1. The van der Waals surface area contributed by atoms with E-state index in [1.54, 1.807) is 19.1 Å². The van der Waals surface area contributed by atoms with Crippen LogP contribution in [0.25, 0.3) is 11.1 Å². The second kappa shape index (κ2) is 11.4. The first-order valence-corrected chi connectivity index (χ1v) is 13.6. The van der Waals surface area contributed by atoms with Gasteiger partial charge in [0.2, 0.25) is 21.6 Å². The molecular weight excluding hydrogens is 519 g/mol. The molecular formula is C29H25FN4O4S. The molecule has 0 aliphatic rings. The maximum atomic E-state index is 13.1. The van der Waals surface area contributed by atoms with E-state index in [0.29, 0.717) is 16.9 Å². The van der Waals surface area contributed by atoms with Gasteiger partial charge in [0.05, 0.1) is 17.7 Å². The molecule has 1 atom stereocenters. The van der Waals surface area contributed by atoms with Gasteiger partial charge < -0.3 is 10.1 Å². The third-order valence-electron chi connectivity index (χ3n) is 5.97. The van der Waals surface area contributed by atoms with E-state index >= 15 is 0 Å². The lowest BCUT2D eigenvalue weighted by molar-refractivity contribution is -0.119. The van der Waals surface area contributed by atoms with E-state index in [1.807, 2.05) is 38.1 Å². The Morgan fingerprint density at radius 3 is 2.28 bits per heavy atom. The number of halogens is 1. The first-order chi connectivity index (χ1) is 18.6. The lowest BCUT2D eigenvalue weighted by Crippen LogP contribution is -2.32. The van der Waals surface area contributed by atoms with Crippen molar-refractivity contribution in [2.45, 2.75) is 32.0 Å². The summed E-state index contributed by atoms with van der Waals surface area (Å²) >= 11 is 0. The summed E-state index contributed by atoms with van der Waals surface area (Å²) in [5.74, 6) is -1.49. The highest BCUT2D eigenvalue weighted by Crippen LogP contribution is 2.33. The predicted octanol–water partition coefficient (Wildman–Crippen LogP) is 5.21. The number of nitrogens with zero attached hydrogens (tertiary/aromatic N) is 3. The van der Waals surface area contributed by atoms with Crippen molar-refractivity contribution in [3.63, 3.8) is 0 Å². The summed E-state index contributed by atoms with van der Waals surface area (Å²) in [6.07, 6.45) is 1.25. The number of carbonyl (C=O) groups is 1. The summed E-state index contributed by atoms with van der Waals surface area (Å²) in [6, 6.07) is 19.6. The minimum absolute atomic E-state index is 0.0148. The van der Waals surface area contributed by atoms with Crippen molar-refractivity contribution in [2.24, 2.45) is 0 Å². The molecule has 1 N–H and O–H groups in total. The van der Waals surface area contributed by atoms with E-state index in [9.17, 15) is 17.6 Å². The molecule has 1 heterocycles. The summed E-state index contributed by atoms with van der Waals surface area (Å²) in [7, 11) is -4.17. The quantitative estimate of drug-likeness (QED) is 0.302. The lowest BCUT2D eigenvalue weighted by Gasteiger charge is -2.15. The van der Waals surface area contributed by atoms with Gasteiger partial charge in [-0.1, -0.05) is 24.3 Å². The topological polar surface area (TPSA) is 122 Å². The monoisotopic (exact) mass is 544 g/mol. The second-order valence-electron chi connectivity index (χ2n) is 9.01. The van der Waals surface area contributed by atoms with Crippen molar-refractivity contribution >= 4 is 15.7 Å². The van der Waals surface area contributed by atoms with E-state index in [2.05, 4.69) is 21.4 Å². The van der Waals surface area contributed by atoms with Gasteiger partial charge >= 0.3 is 0 Å². The van der Waals surface area contributed by atoms with Crippen molar-refractivity contribution in [3.8, 4) is 28.8 Å². The van der Waals surface area contributed by atoms with Crippen molar-refractivity contribution in [1.82, 2.24) is 15.3 Å². The molecule has 4 rings (SSSR count). The van der Waals surface area contributed by atoms with Gasteiger partial charge in [-0.25, -0.2) is 17.8 Å². The largest absolute Gasteiger partial charge is 0.438 e. The van der Waals surface area contributed by atoms with Crippen LogP contribution < -0.4 is 10.1 Å². The first-order valence-electron chi connectivity index (χ1n) is 12.0. The lowest BCUT2D eigenvalue weighted by atomic mass is 9.99. The molecule has 0 radical (unpaired) electrons. The van der Waals surface area contributed by atoms with Crippen molar-refractivity contribution in [1.29, 1.82) is 5.26 Å². The highest BCUT2D eigenvalue weighted by atomic mass is 32.2. The molecule has 0 aliphatic heterocycles. The summed E-state index contributed by atoms with van der Waals surface area (Å²) in [5.41, 5.74) is 4.67. The number of amides is 1. The summed E-state index contributed by atoms with van der Waals surface area (Å²) in [6.45, 7) is 5.39. The number of aryl methyl sites for hydroxylation is 2. The molecule has 198 valence electrons. The Balaban J connectivity index is 1.48. The van der Waals surface area contributed by atoms with Crippen LogP contribution >= 0.6 is 0 Å². The highest BCUT2D eigenvalue weighted by molar-refractivity contribution is 7.91. The van der Waals surface area contributed by atoms with Gasteiger partial charge in [0, 0.05) is 12.3 Å². The van der Waals surface area contributed by atoms with Crippen LogP contribution in [0.1, 0.15) is 35.2 Å². The van der Waals surface area contributed by atoms with Gasteiger partial charge in [0.1, 0.15) is 17.3 Å². The van der Waals surface area contributed by atoms with E-state index in [1.165, 1.54) is 36.5 Å². The van der Waals surface area contributed by atoms with Crippen LogP contribution in [0.4, 0.5) is 4.39 Å². The van der Waals surface area contributed by atoms with Gasteiger partial charge in [0.15, 0.2) is 0 Å². The second-order valence-corrected chi connectivity index (χ2v) is 10.9. The van der Waals surface area contributed by atoms with Gasteiger partial charge in [0.25, 0.3) is 5.16 Å². The van der Waals surface area contributed by atoms with E-state index in [0.717, 1.165) is 22.3 Å². The van der Waals surface area contributed by atoms with Gasteiger partial charge in [-0.2, -0.15) is 10.2 Å². The Morgan fingerprint density at radius 2 is 1.67 bits per heavy atom. The number of hydrogen-bond acceptors (Lipinski definition) is 7. The number of aromatic nitrogens is 2. The highest BCUT2D eigenvalue weighted by Gasteiger charge is 2.24. The number of nitrogens with one attached hydrogen (secondary N) is 1. The normalized spacial score (nSPS) is 11.9. The molecule has 0 bridgehead atoms. The standard InChI is InChI=1S/C29H25FN4O4S/c1-18-14-24(23-6-4-21(16-31)5-7-23)15-19(2)28(18)38-27-12-13-32-29(34-27)39(36,37)17-26(35)33-20(3)22-8-10-25(30)11-9-22/h4-15,20H,17H2,1-3H3,(H,33,35). The molecule has 39 heavy (non-hydrogen) atoms. The van der Waals surface area contributed by atoms with Crippen molar-refractivity contribution in [3.05, 3.63) is 101 Å². The van der Waals surface area contributed by atoms with E-state index < -0.39 is 38.5 Å². The first kappa shape index (κ1) is 27.4. The Labute approximate surface area is 226 Å². The molecule has 1 unspecified atom stereocenters. The average molecular weight is 545 g/mol. The minimum atomic E-state index is -4.17.